The van der Waals surface area contributed by atoms with E-state index in [0.717, 1.165) is 11.3 Å². The number of amides is 1. The number of aromatic nitrogens is 3. The van der Waals surface area contributed by atoms with Gasteiger partial charge < -0.3 is 30.0 Å². The van der Waals surface area contributed by atoms with E-state index in [9.17, 15) is 9.90 Å². The minimum absolute atomic E-state index is 0.0367. The van der Waals surface area contributed by atoms with Gasteiger partial charge in [0.05, 0.1) is 26.9 Å². The number of benzene rings is 2. The van der Waals surface area contributed by atoms with Crippen molar-refractivity contribution in [3.05, 3.63) is 64.6 Å². The van der Waals surface area contributed by atoms with E-state index in [4.69, 9.17) is 19.3 Å². The third-order valence-electron chi connectivity index (χ3n) is 6.10. The number of nitrogens with one attached hydrogen (secondary N) is 2. The third kappa shape index (κ3) is 4.72. The minimum Gasteiger partial charge on any atom is -0.493 e. The van der Waals surface area contributed by atoms with Crippen molar-refractivity contribution in [3.8, 4) is 17.2 Å². The van der Waals surface area contributed by atoms with Gasteiger partial charge in [-0.1, -0.05) is 18.2 Å². The zero-order chi connectivity index (χ0) is 25.8. The maximum absolute atomic E-state index is 13.7. The second-order valence-corrected chi connectivity index (χ2v) is 8.42. The molecule has 0 aliphatic carbocycles. The summed E-state index contributed by atoms with van der Waals surface area (Å²) in [7, 11) is 4.63. The zero-order valence-electron chi connectivity index (χ0n) is 21.1. The predicted molar refractivity (Wildman–Crippen MR) is 136 cm³/mol. The molecule has 0 radical (unpaired) electrons. The number of anilines is 2. The molecule has 1 aliphatic heterocycles. The van der Waals surface area contributed by atoms with Gasteiger partial charge in [0, 0.05) is 24.4 Å². The summed E-state index contributed by atoms with van der Waals surface area (Å²) in [5.41, 5.74) is 3.50. The number of rotatable bonds is 9. The van der Waals surface area contributed by atoms with E-state index < -0.39 is 6.04 Å². The Kier molecular flexibility index (Phi) is 7.44. The summed E-state index contributed by atoms with van der Waals surface area (Å²) < 4.78 is 18.3. The number of hydrogen-bond acceptors (Lipinski definition) is 8. The third-order valence-corrected chi connectivity index (χ3v) is 6.10. The number of methoxy groups -OCH3 is 3. The second-order valence-electron chi connectivity index (χ2n) is 8.42. The van der Waals surface area contributed by atoms with Crippen molar-refractivity contribution < 1.29 is 24.1 Å². The molecule has 4 rings (SSSR count). The van der Waals surface area contributed by atoms with Crippen LogP contribution in [0.15, 0.2) is 47.7 Å². The highest BCUT2D eigenvalue weighted by Crippen LogP contribution is 2.44. The van der Waals surface area contributed by atoms with Gasteiger partial charge in [0.15, 0.2) is 17.3 Å². The Labute approximate surface area is 209 Å². The van der Waals surface area contributed by atoms with Crippen molar-refractivity contribution in [2.45, 2.75) is 32.7 Å². The van der Waals surface area contributed by atoms with Crippen LogP contribution in [0.5, 0.6) is 17.2 Å². The van der Waals surface area contributed by atoms with Gasteiger partial charge in [-0.15, -0.1) is 0 Å². The molecule has 2 aromatic carbocycles. The second kappa shape index (κ2) is 10.7. The smallest absolute Gasteiger partial charge is 0.255 e. The molecule has 1 aromatic heterocycles. The van der Waals surface area contributed by atoms with E-state index in [1.807, 2.05) is 50.2 Å². The molecule has 10 heteroatoms. The van der Waals surface area contributed by atoms with Gasteiger partial charge in [-0.2, -0.15) is 10.1 Å². The lowest BCUT2D eigenvalue weighted by Gasteiger charge is -2.29. The molecule has 36 heavy (non-hydrogen) atoms. The standard InChI is InChI=1S/C26H31N5O5/c1-15-9-6-7-10-18(15)28-25(33)22-16(2)27-26-29-21(11-8-12-32)30-31(26)23(22)17-13-19(34-3)24(36-5)20(14-17)35-4/h6-7,9-10,13-14,23,32H,8,11-12H2,1-5H3,(H,28,33)(H,27,29,30). The van der Waals surface area contributed by atoms with Gasteiger partial charge in [0.25, 0.3) is 5.91 Å². The number of para-hydroxylation sites is 1. The first-order chi connectivity index (χ1) is 17.4. The highest BCUT2D eigenvalue weighted by molar-refractivity contribution is 6.06. The summed E-state index contributed by atoms with van der Waals surface area (Å²) in [6.45, 7) is 3.81. The van der Waals surface area contributed by atoms with Crippen LogP contribution in [0.3, 0.4) is 0 Å². The molecule has 1 atom stereocenters. The summed E-state index contributed by atoms with van der Waals surface area (Å²) in [6.07, 6.45) is 1.04. The average Bonchev–Trinajstić information content (AvgIpc) is 3.29. The average molecular weight is 494 g/mol. The van der Waals surface area contributed by atoms with E-state index in [2.05, 4.69) is 15.6 Å². The Balaban J connectivity index is 1.86. The molecule has 10 nitrogen and oxygen atoms in total. The minimum atomic E-state index is -0.630. The summed E-state index contributed by atoms with van der Waals surface area (Å²) >= 11 is 0. The van der Waals surface area contributed by atoms with Gasteiger partial charge in [0.2, 0.25) is 11.7 Å². The Hall–Kier alpha value is -4.05. The van der Waals surface area contributed by atoms with Crippen LogP contribution in [0.2, 0.25) is 0 Å². The molecule has 190 valence electrons. The Morgan fingerprint density at radius 3 is 2.42 bits per heavy atom. The van der Waals surface area contributed by atoms with Crippen LogP contribution in [-0.4, -0.2) is 53.7 Å². The van der Waals surface area contributed by atoms with Gasteiger partial charge in [-0.25, -0.2) is 4.68 Å². The fourth-order valence-electron chi connectivity index (χ4n) is 4.30. The highest BCUT2D eigenvalue weighted by atomic mass is 16.5. The van der Waals surface area contributed by atoms with Crippen LogP contribution in [0.4, 0.5) is 11.6 Å². The van der Waals surface area contributed by atoms with Crippen LogP contribution in [0, 0.1) is 6.92 Å². The first kappa shape index (κ1) is 25.1. The molecule has 0 saturated heterocycles. The number of aliphatic hydroxyl groups excluding tert-OH is 1. The fraction of sp³-hybridized carbons (Fsp3) is 0.346. The van der Waals surface area contributed by atoms with Crippen LogP contribution in [0.25, 0.3) is 0 Å². The van der Waals surface area contributed by atoms with Crippen molar-refractivity contribution in [1.82, 2.24) is 14.8 Å². The predicted octanol–water partition coefficient (Wildman–Crippen LogP) is 3.46. The number of ether oxygens (including phenoxy) is 3. The molecular weight excluding hydrogens is 462 g/mol. The monoisotopic (exact) mass is 493 g/mol. The molecule has 0 fully saturated rings. The molecule has 0 bridgehead atoms. The molecular formula is C26H31N5O5. The van der Waals surface area contributed by atoms with E-state index >= 15 is 0 Å². The highest BCUT2D eigenvalue weighted by Gasteiger charge is 2.35. The topological polar surface area (TPSA) is 120 Å². The SMILES string of the molecule is COc1cc(C2C(C(=O)Nc3ccccc3C)=C(C)Nc3nc(CCCO)nn32)cc(OC)c1OC. The quantitative estimate of drug-likeness (QED) is 0.415. The van der Waals surface area contributed by atoms with Crippen molar-refractivity contribution in [3.63, 3.8) is 0 Å². The zero-order valence-corrected chi connectivity index (χ0v) is 21.1. The van der Waals surface area contributed by atoms with Crippen molar-refractivity contribution in [1.29, 1.82) is 0 Å². The van der Waals surface area contributed by atoms with E-state index in [0.29, 0.717) is 58.7 Å². The number of aryl methyl sites for hydroxylation is 2. The molecule has 1 aliphatic rings. The molecule has 0 spiro atoms. The lowest BCUT2D eigenvalue weighted by atomic mass is 9.94. The van der Waals surface area contributed by atoms with Crippen molar-refractivity contribution >= 4 is 17.5 Å². The lowest BCUT2D eigenvalue weighted by molar-refractivity contribution is -0.113. The summed E-state index contributed by atoms with van der Waals surface area (Å²) in [5.74, 6) is 2.18. The Bertz CT molecular complexity index is 1270. The van der Waals surface area contributed by atoms with E-state index in [-0.39, 0.29) is 12.5 Å². The van der Waals surface area contributed by atoms with Gasteiger partial charge in [-0.3, -0.25) is 4.79 Å². The number of fused-ring (bicyclic) bond motifs is 1. The normalized spacial score (nSPS) is 14.7. The van der Waals surface area contributed by atoms with E-state index in [1.165, 1.54) is 0 Å². The first-order valence-electron chi connectivity index (χ1n) is 11.6. The summed E-state index contributed by atoms with van der Waals surface area (Å²) in [5, 5.41) is 20.2. The van der Waals surface area contributed by atoms with Crippen molar-refractivity contribution in [2.75, 3.05) is 38.6 Å². The summed E-state index contributed by atoms with van der Waals surface area (Å²) in [6, 6.07) is 10.6. The van der Waals surface area contributed by atoms with Gasteiger partial charge in [-0.05, 0) is 49.6 Å². The summed E-state index contributed by atoms with van der Waals surface area (Å²) in [4.78, 5) is 18.3. The fourth-order valence-corrected chi connectivity index (χ4v) is 4.30. The molecule has 1 unspecified atom stereocenters. The number of carbonyl (C=O) groups is 1. The largest absolute Gasteiger partial charge is 0.493 e. The van der Waals surface area contributed by atoms with E-state index in [1.54, 1.807) is 26.0 Å². The maximum atomic E-state index is 13.7. The number of allylic oxidation sites excluding steroid dienone is 1. The lowest BCUT2D eigenvalue weighted by Crippen LogP contribution is -2.31. The van der Waals surface area contributed by atoms with Crippen LogP contribution < -0.4 is 24.8 Å². The number of carbonyl (C=O) groups excluding carboxylic acids is 1. The van der Waals surface area contributed by atoms with Gasteiger partial charge >= 0.3 is 0 Å². The number of nitrogens with zero attached hydrogens (tertiary/aromatic N) is 3. The van der Waals surface area contributed by atoms with Crippen LogP contribution >= 0.6 is 0 Å². The first-order valence-corrected chi connectivity index (χ1v) is 11.6. The molecule has 0 saturated carbocycles. The maximum Gasteiger partial charge on any atom is 0.255 e. The Morgan fingerprint density at radius 2 is 1.81 bits per heavy atom. The molecule has 3 N–H and O–H groups in total. The van der Waals surface area contributed by atoms with Crippen LogP contribution in [-0.2, 0) is 11.2 Å². The molecule has 2 heterocycles. The molecule has 3 aromatic rings. The number of aliphatic hydroxyl groups is 1. The van der Waals surface area contributed by atoms with Gasteiger partial charge in [0.1, 0.15) is 6.04 Å². The number of hydrogen-bond donors (Lipinski definition) is 3. The Morgan fingerprint density at radius 1 is 1.11 bits per heavy atom. The van der Waals surface area contributed by atoms with Crippen LogP contribution in [0.1, 0.15) is 36.3 Å². The molecule has 1 amide bonds. The van der Waals surface area contributed by atoms with Crippen molar-refractivity contribution in [2.24, 2.45) is 0 Å².